The maximum atomic E-state index is 12.1. The number of nitrogens with zero attached hydrogens (tertiary/aromatic N) is 1. The molecule has 1 N–H and O–H groups in total. The molecule has 6 heteroatoms. The highest BCUT2D eigenvalue weighted by Gasteiger charge is 2.12. The number of nitrogens with one attached hydrogen (secondary N) is 1. The van der Waals surface area contributed by atoms with Crippen molar-refractivity contribution in [2.75, 3.05) is 13.6 Å². The first-order chi connectivity index (χ1) is 11.0. The SMILES string of the molecule is CN(Cc1cccc(Cl)c1)C(=O)CNC(=O)c1cccc(Br)c1. The van der Waals surface area contributed by atoms with Gasteiger partial charge in [-0.15, -0.1) is 0 Å². The van der Waals surface area contributed by atoms with Crippen LogP contribution in [0, 0.1) is 0 Å². The minimum atomic E-state index is -0.282. The smallest absolute Gasteiger partial charge is 0.251 e. The van der Waals surface area contributed by atoms with E-state index in [1.165, 1.54) is 0 Å². The van der Waals surface area contributed by atoms with Crippen molar-refractivity contribution in [2.45, 2.75) is 6.54 Å². The van der Waals surface area contributed by atoms with Crippen molar-refractivity contribution in [3.05, 3.63) is 69.2 Å². The molecular weight excluding hydrogens is 380 g/mol. The van der Waals surface area contributed by atoms with Crippen LogP contribution in [0.25, 0.3) is 0 Å². The van der Waals surface area contributed by atoms with Gasteiger partial charge in [0.25, 0.3) is 5.91 Å². The first-order valence-electron chi connectivity index (χ1n) is 6.98. The highest BCUT2D eigenvalue weighted by molar-refractivity contribution is 9.10. The van der Waals surface area contributed by atoms with Gasteiger partial charge in [-0.25, -0.2) is 0 Å². The number of amides is 2. The quantitative estimate of drug-likeness (QED) is 0.842. The number of likely N-dealkylation sites (N-methyl/N-ethyl adjacent to an activating group) is 1. The average molecular weight is 396 g/mol. The Bertz CT molecular complexity index is 721. The largest absolute Gasteiger partial charge is 0.343 e. The Morgan fingerprint density at radius 3 is 2.61 bits per heavy atom. The van der Waals surface area contributed by atoms with Gasteiger partial charge in [0.05, 0.1) is 6.54 Å². The summed E-state index contributed by atoms with van der Waals surface area (Å²) in [5.74, 6) is -0.455. The lowest BCUT2D eigenvalue weighted by atomic mass is 10.2. The molecule has 0 bridgehead atoms. The van der Waals surface area contributed by atoms with Gasteiger partial charge in [-0.05, 0) is 35.9 Å². The van der Waals surface area contributed by atoms with Crippen molar-refractivity contribution in [3.63, 3.8) is 0 Å². The number of halogens is 2. The molecular formula is C17H16BrClN2O2. The Morgan fingerprint density at radius 1 is 1.17 bits per heavy atom. The van der Waals surface area contributed by atoms with Crippen molar-refractivity contribution in [2.24, 2.45) is 0 Å². The van der Waals surface area contributed by atoms with Crippen LogP contribution in [0.2, 0.25) is 5.02 Å². The maximum Gasteiger partial charge on any atom is 0.251 e. The summed E-state index contributed by atoms with van der Waals surface area (Å²) in [5.41, 5.74) is 1.44. The summed E-state index contributed by atoms with van der Waals surface area (Å²) in [4.78, 5) is 25.7. The van der Waals surface area contributed by atoms with Gasteiger partial charge in [0.15, 0.2) is 0 Å². The zero-order valence-corrected chi connectivity index (χ0v) is 14.9. The number of carbonyl (C=O) groups is 2. The minimum absolute atomic E-state index is 0.0532. The van der Waals surface area contributed by atoms with Gasteiger partial charge in [-0.2, -0.15) is 0 Å². The molecule has 0 atom stereocenters. The number of hydrogen-bond donors (Lipinski definition) is 1. The van der Waals surface area contributed by atoms with Crippen LogP contribution in [0.1, 0.15) is 15.9 Å². The van der Waals surface area contributed by atoms with Gasteiger partial charge in [-0.1, -0.05) is 45.7 Å². The molecule has 0 aliphatic rings. The van der Waals surface area contributed by atoms with Crippen LogP contribution in [0.4, 0.5) is 0 Å². The fraction of sp³-hybridized carbons (Fsp3) is 0.176. The molecule has 2 aromatic carbocycles. The highest BCUT2D eigenvalue weighted by Crippen LogP contribution is 2.13. The Hall–Kier alpha value is -1.85. The van der Waals surface area contributed by atoms with E-state index < -0.39 is 0 Å². The van der Waals surface area contributed by atoms with Crippen LogP contribution < -0.4 is 5.32 Å². The lowest BCUT2D eigenvalue weighted by Gasteiger charge is -2.17. The zero-order valence-electron chi connectivity index (χ0n) is 12.6. The summed E-state index contributed by atoms with van der Waals surface area (Å²) in [6.07, 6.45) is 0. The monoisotopic (exact) mass is 394 g/mol. The van der Waals surface area contributed by atoms with E-state index in [1.54, 1.807) is 36.2 Å². The lowest BCUT2D eigenvalue weighted by molar-refractivity contribution is -0.129. The molecule has 2 rings (SSSR count). The van der Waals surface area contributed by atoms with Crippen molar-refractivity contribution < 1.29 is 9.59 Å². The van der Waals surface area contributed by atoms with E-state index in [-0.39, 0.29) is 18.4 Å². The molecule has 23 heavy (non-hydrogen) atoms. The second kappa shape index (κ2) is 8.13. The summed E-state index contributed by atoms with van der Waals surface area (Å²) in [5, 5.41) is 3.26. The van der Waals surface area contributed by atoms with E-state index >= 15 is 0 Å². The van der Waals surface area contributed by atoms with E-state index in [0.717, 1.165) is 10.0 Å². The number of hydrogen-bond acceptors (Lipinski definition) is 2. The molecule has 0 spiro atoms. The zero-order chi connectivity index (χ0) is 16.8. The molecule has 0 aliphatic carbocycles. The Morgan fingerprint density at radius 2 is 1.91 bits per heavy atom. The van der Waals surface area contributed by atoms with E-state index in [0.29, 0.717) is 17.1 Å². The molecule has 0 fully saturated rings. The summed E-state index contributed by atoms with van der Waals surface area (Å²) < 4.78 is 0.814. The van der Waals surface area contributed by atoms with Crippen molar-refractivity contribution in [1.29, 1.82) is 0 Å². The molecule has 0 heterocycles. The number of carbonyl (C=O) groups excluding carboxylic acids is 2. The molecule has 0 aliphatic heterocycles. The van der Waals surface area contributed by atoms with Gasteiger partial charge in [0.2, 0.25) is 5.91 Å². The second-order valence-electron chi connectivity index (χ2n) is 5.07. The molecule has 4 nitrogen and oxygen atoms in total. The van der Waals surface area contributed by atoms with Gasteiger partial charge >= 0.3 is 0 Å². The fourth-order valence-electron chi connectivity index (χ4n) is 2.02. The molecule has 0 saturated heterocycles. The Kier molecular flexibility index (Phi) is 6.19. The predicted octanol–water partition coefficient (Wildman–Crippen LogP) is 3.49. The first kappa shape index (κ1) is 17.5. The third-order valence-electron chi connectivity index (χ3n) is 3.22. The van der Waals surface area contributed by atoms with Crippen LogP contribution in [-0.2, 0) is 11.3 Å². The summed E-state index contributed by atoms with van der Waals surface area (Å²) in [6.45, 7) is 0.383. The van der Waals surface area contributed by atoms with Crippen LogP contribution >= 0.6 is 27.5 Å². The maximum absolute atomic E-state index is 12.1. The van der Waals surface area contributed by atoms with Crippen LogP contribution in [-0.4, -0.2) is 30.3 Å². The van der Waals surface area contributed by atoms with Crippen molar-refractivity contribution in [3.8, 4) is 0 Å². The van der Waals surface area contributed by atoms with Crippen molar-refractivity contribution >= 4 is 39.3 Å². The molecule has 0 radical (unpaired) electrons. The molecule has 0 aromatic heterocycles. The number of rotatable bonds is 5. The molecule has 0 saturated carbocycles. The molecule has 120 valence electrons. The molecule has 2 amide bonds. The topological polar surface area (TPSA) is 49.4 Å². The van der Waals surface area contributed by atoms with Gasteiger partial charge < -0.3 is 10.2 Å². The highest BCUT2D eigenvalue weighted by atomic mass is 79.9. The van der Waals surface area contributed by atoms with E-state index in [1.807, 2.05) is 24.3 Å². The Labute approximate surface area is 148 Å². The second-order valence-corrected chi connectivity index (χ2v) is 6.42. The molecule has 0 unspecified atom stereocenters. The normalized spacial score (nSPS) is 10.2. The summed E-state index contributed by atoms with van der Waals surface area (Å²) >= 11 is 9.24. The standard InChI is InChI=1S/C17H16BrClN2O2/c1-21(11-12-4-2-7-15(19)8-12)16(22)10-20-17(23)13-5-3-6-14(18)9-13/h2-9H,10-11H2,1H3,(H,20,23). The number of benzene rings is 2. The molecule has 2 aromatic rings. The lowest BCUT2D eigenvalue weighted by Crippen LogP contribution is -2.37. The fourth-order valence-corrected chi connectivity index (χ4v) is 2.63. The first-order valence-corrected chi connectivity index (χ1v) is 8.15. The third-order valence-corrected chi connectivity index (χ3v) is 3.95. The minimum Gasteiger partial charge on any atom is -0.343 e. The Balaban J connectivity index is 1.87. The van der Waals surface area contributed by atoms with E-state index in [9.17, 15) is 9.59 Å². The van der Waals surface area contributed by atoms with Gasteiger partial charge in [0, 0.05) is 28.7 Å². The predicted molar refractivity (Wildman–Crippen MR) is 94.4 cm³/mol. The van der Waals surface area contributed by atoms with Crippen LogP contribution in [0.5, 0.6) is 0 Å². The average Bonchev–Trinajstić information content (AvgIpc) is 2.52. The summed E-state index contributed by atoms with van der Waals surface area (Å²) in [6, 6.07) is 14.3. The summed E-state index contributed by atoms with van der Waals surface area (Å²) in [7, 11) is 1.69. The van der Waals surface area contributed by atoms with Crippen LogP contribution in [0.15, 0.2) is 53.0 Å². The van der Waals surface area contributed by atoms with Gasteiger partial charge in [0.1, 0.15) is 0 Å². The van der Waals surface area contributed by atoms with E-state index in [4.69, 9.17) is 11.6 Å². The third kappa shape index (κ3) is 5.37. The van der Waals surface area contributed by atoms with Gasteiger partial charge in [-0.3, -0.25) is 9.59 Å². The van der Waals surface area contributed by atoms with Crippen molar-refractivity contribution in [1.82, 2.24) is 10.2 Å². The van der Waals surface area contributed by atoms with E-state index in [2.05, 4.69) is 21.2 Å². The van der Waals surface area contributed by atoms with Crippen LogP contribution in [0.3, 0.4) is 0 Å².